The predicted octanol–water partition coefficient (Wildman–Crippen LogP) is 3.99. The van der Waals surface area contributed by atoms with Crippen LogP contribution in [0.25, 0.3) is 10.9 Å². The van der Waals surface area contributed by atoms with Gasteiger partial charge in [-0.15, -0.1) is 0 Å². The van der Waals surface area contributed by atoms with Crippen LogP contribution >= 0.6 is 0 Å². The molecule has 0 atom stereocenters. The molecule has 1 aromatic heterocycles. The van der Waals surface area contributed by atoms with E-state index < -0.39 is 0 Å². The Hall–Kier alpha value is -3.28. The number of aromatic nitrogens is 1. The van der Waals surface area contributed by atoms with Gasteiger partial charge in [0.05, 0.1) is 6.61 Å². The number of benzene rings is 2. The predicted molar refractivity (Wildman–Crippen MR) is 115 cm³/mol. The van der Waals surface area contributed by atoms with E-state index in [1.54, 1.807) is 11.8 Å². The van der Waals surface area contributed by atoms with E-state index >= 15 is 0 Å². The van der Waals surface area contributed by atoms with E-state index in [0.29, 0.717) is 25.4 Å². The molecule has 0 aliphatic carbocycles. The van der Waals surface area contributed by atoms with Crippen molar-refractivity contribution in [2.75, 3.05) is 25.0 Å². The summed E-state index contributed by atoms with van der Waals surface area (Å²) in [5, 5.41) is 4.03. The zero-order chi connectivity index (χ0) is 20.6. The summed E-state index contributed by atoms with van der Waals surface area (Å²) in [5.74, 6) is 0.622. The number of para-hydroxylation sites is 1. The molecule has 0 fully saturated rings. The third-order valence-corrected chi connectivity index (χ3v) is 4.83. The number of carbonyl (C=O) groups is 2. The van der Waals surface area contributed by atoms with Crippen LogP contribution < -0.4 is 10.1 Å². The normalized spacial score (nSPS) is 10.7. The first-order chi connectivity index (χ1) is 14.1. The molecule has 152 valence electrons. The van der Waals surface area contributed by atoms with Gasteiger partial charge in [0.2, 0.25) is 11.8 Å². The van der Waals surface area contributed by atoms with Gasteiger partial charge in [0, 0.05) is 49.2 Å². The Morgan fingerprint density at radius 1 is 1.07 bits per heavy atom. The highest BCUT2D eigenvalue weighted by Crippen LogP contribution is 2.19. The standard InChI is InChI=1S/C23H27N3O3/c1-3-29-20-10-8-19(9-11-20)25-23(28)13-15-26(17(2)27)14-12-18-16-24-22-7-5-4-6-21(18)22/h4-11,16,24H,3,12-15H2,1-2H3,(H,25,28). The van der Waals surface area contributed by atoms with Gasteiger partial charge in [0.15, 0.2) is 0 Å². The summed E-state index contributed by atoms with van der Waals surface area (Å²) in [6, 6.07) is 15.4. The number of hydrogen-bond acceptors (Lipinski definition) is 3. The van der Waals surface area contributed by atoms with Crippen LogP contribution in [0.15, 0.2) is 54.7 Å². The van der Waals surface area contributed by atoms with Crippen LogP contribution in [-0.2, 0) is 16.0 Å². The lowest BCUT2D eigenvalue weighted by Crippen LogP contribution is -2.33. The molecule has 0 bridgehead atoms. The Kier molecular flexibility index (Phi) is 6.89. The highest BCUT2D eigenvalue weighted by Gasteiger charge is 2.13. The average molecular weight is 393 g/mol. The number of nitrogens with one attached hydrogen (secondary N) is 2. The summed E-state index contributed by atoms with van der Waals surface area (Å²) in [6.07, 6.45) is 2.98. The lowest BCUT2D eigenvalue weighted by molar-refractivity contribution is -0.129. The third-order valence-electron chi connectivity index (χ3n) is 4.83. The minimum Gasteiger partial charge on any atom is -0.494 e. The highest BCUT2D eigenvalue weighted by atomic mass is 16.5. The van der Waals surface area contributed by atoms with Gasteiger partial charge in [-0.05, 0) is 49.2 Å². The number of rotatable bonds is 9. The number of hydrogen-bond donors (Lipinski definition) is 2. The molecule has 1 heterocycles. The maximum Gasteiger partial charge on any atom is 0.226 e. The molecule has 6 heteroatoms. The topological polar surface area (TPSA) is 74.4 Å². The van der Waals surface area contributed by atoms with Gasteiger partial charge in [-0.3, -0.25) is 9.59 Å². The maximum atomic E-state index is 12.3. The zero-order valence-electron chi connectivity index (χ0n) is 16.9. The van der Waals surface area contributed by atoms with Crippen LogP contribution in [0, 0.1) is 0 Å². The number of nitrogens with zero attached hydrogens (tertiary/aromatic N) is 1. The van der Waals surface area contributed by atoms with E-state index in [4.69, 9.17) is 4.74 Å². The second-order valence-corrected chi connectivity index (χ2v) is 6.87. The zero-order valence-corrected chi connectivity index (χ0v) is 16.9. The summed E-state index contributed by atoms with van der Waals surface area (Å²) >= 11 is 0. The number of aromatic amines is 1. The fourth-order valence-electron chi connectivity index (χ4n) is 3.28. The Bertz CT molecular complexity index is 963. The van der Waals surface area contributed by atoms with Crippen LogP contribution in [0.4, 0.5) is 5.69 Å². The number of anilines is 1. The summed E-state index contributed by atoms with van der Waals surface area (Å²) in [4.78, 5) is 29.3. The van der Waals surface area contributed by atoms with Crippen molar-refractivity contribution in [3.63, 3.8) is 0 Å². The average Bonchev–Trinajstić information content (AvgIpc) is 3.12. The molecule has 0 radical (unpaired) electrons. The number of H-pyrrole nitrogens is 1. The van der Waals surface area contributed by atoms with E-state index in [-0.39, 0.29) is 18.2 Å². The monoisotopic (exact) mass is 393 g/mol. The first-order valence-electron chi connectivity index (χ1n) is 9.90. The van der Waals surface area contributed by atoms with Gasteiger partial charge in [0.1, 0.15) is 5.75 Å². The van der Waals surface area contributed by atoms with Crippen molar-refractivity contribution in [1.82, 2.24) is 9.88 Å². The number of ether oxygens (including phenoxy) is 1. The maximum absolute atomic E-state index is 12.3. The largest absolute Gasteiger partial charge is 0.494 e. The second kappa shape index (κ2) is 9.78. The summed E-state index contributed by atoms with van der Waals surface area (Å²) in [5.41, 5.74) is 2.98. The van der Waals surface area contributed by atoms with Crippen molar-refractivity contribution in [2.24, 2.45) is 0 Å². The van der Waals surface area contributed by atoms with Crippen molar-refractivity contribution in [3.8, 4) is 5.75 Å². The van der Waals surface area contributed by atoms with E-state index in [0.717, 1.165) is 17.7 Å². The molecular formula is C23H27N3O3. The minimum absolute atomic E-state index is 0.0290. The number of fused-ring (bicyclic) bond motifs is 1. The summed E-state index contributed by atoms with van der Waals surface area (Å²) in [7, 11) is 0. The molecule has 0 aliphatic rings. The molecule has 0 saturated carbocycles. The van der Waals surface area contributed by atoms with E-state index in [2.05, 4.69) is 16.4 Å². The summed E-state index contributed by atoms with van der Waals surface area (Å²) < 4.78 is 5.40. The van der Waals surface area contributed by atoms with E-state index in [1.165, 1.54) is 10.9 Å². The van der Waals surface area contributed by atoms with Gasteiger partial charge in [-0.25, -0.2) is 0 Å². The first kappa shape index (κ1) is 20.5. The molecule has 0 spiro atoms. The Morgan fingerprint density at radius 2 is 1.83 bits per heavy atom. The van der Waals surface area contributed by atoms with Crippen LogP contribution in [0.2, 0.25) is 0 Å². The molecule has 2 N–H and O–H groups in total. The van der Waals surface area contributed by atoms with E-state index in [9.17, 15) is 9.59 Å². The molecular weight excluding hydrogens is 366 g/mol. The molecule has 2 amide bonds. The molecule has 29 heavy (non-hydrogen) atoms. The second-order valence-electron chi connectivity index (χ2n) is 6.87. The molecule has 6 nitrogen and oxygen atoms in total. The molecule has 3 rings (SSSR count). The minimum atomic E-state index is -0.118. The lowest BCUT2D eigenvalue weighted by atomic mass is 10.1. The number of amides is 2. The van der Waals surface area contributed by atoms with Crippen molar-refractivity contribution in [2.45, 2.75) is 26.7 Å². The molecule has 2 aromatic carbocycles. The molecule has 0 unspecified atom stereocenters. The Labute approximate surface area is 170 Å². The third kappa shape index (κ3) is 5.60. The van der Waals surface area contributed by atoms with Gasteiger partial charge in [-0.1, -0.05) is 18.2 Å². The Morgan fingerprint density at radius 3 is 2.55 bits per heavy atom. The SMILES string of the molecule is CCOc1ccc(NC(=O)CCN(CCc2c[nH]c3ccccc23)C(C)=O)cc1. The van der Waals surface area contributed by atoms with Gasteiger partial charge in [0.25, 0.3) is 0 Å². The van der Waals surface area contributed by atoms with Crippen molar-refractivity contribution >= 4 is 28.4 Å². The van der Waals surface area contributed by atoms with Crippen LogP contribution in [0.5, 0.6) is 5.75 Å². The van der Waals surface area contributed by atoms with Crippen LogP contribution in [0.3, 0.4) is 0 Å². The quantitative estimate of drug-likeness (QED) is 0.577. The Balaban J connectivity index is 1.51. The number of carbonyl (C=O) groups excluding carboxylic acids is 2. The molecule has 0 saturated heterocycles. The molecule has 3 aromatic rings. The van der Waals surface area contributed by atoms with Crippen molar-refractivity contribution in [1.29, 1.82) is 0 Å². The van der Waals surface area contributed by atoms with Gasteiger partial charge < -0.3 is 19.9 Å². The fraction of sp³-hybridized carbons (Fsp3) is 0.304. The van der Waals surface area contributed by atoms with Crippen LogP contribution in [-0.4, -0.2) is 41.4 Å². The lowest BCUT2D eigenvalue weighted by Gasteiger charge is -2.20. The van der Waals surface area contributed by atoms with Crippen LogP contribution in [0.1, 0.15) is 25.8 Å². The first-order valence-corrected chi connectivity index (χ1v) is 9.90. The smallest absolute Gasteiger partial charge is 0.226 e. The summed E-state index contributed by atoms with van der Waals surface area (Å²) in [6.45, 7) is 5.04. The van der Waals surface area contributed by atoms with E-state index in [1.807, 2.05) is 55.6 Å². The highest BCUT2D eigenvalue weighted by molar-refractivity contribution is 5.91. The van der Waals surface area contributed by atoms with Crippen molar-refractivity contribution in [3.05, 3.63) is 60.3 Å². The van der Waals surface area contributed by atoms with Gasteiger partial charge in [-0.2, -0.15) is 0 Å². The fourth-order valence-corrected chi connectivity index (χ4v) is 3.28. The van der Waals surface area contributed by atoms with Gasteiger partial charge >= 0.3 is 0 Å². The molecule has 0 aliphatic heterocycles. The van der Waals surface area contributed by atoms with Crippen molar-refractivity contribution < 1.29 is 14.3 Å².